The molecule has 5 aliphatic rings. The maximum atomic E-state index is 2.68. The van der Waals surface area contributed by atoms with E-state index in [1.807, 2.05) is 0 Å². The van der Waals surface area contributed by atoms with Gasteiger partial charge < -0.3 is 9.80 Å². The second kappa shape index (κ2) is 12.0. The molecule has 3 aliphatic carbocycles. The van der Waals surface area contributed by atoms with Crippen LogP contribution in [0.3, 0.4) is 0 Å². The van der Waals surface area contributed by atoms with E-state index in [1.54, 1.807) is 0 Å². The molecule has 2 aliphatic heterocycles. The Morgan fingerprint density at radius 1 is 0.368 bits per heavy atom. The zero-order chi connectivity index (χ0) is 39.0. The highest BCUT2D eigenvalue weighted by atomic mass is 15.3. The van der Waals surface area contributed by atoms with E-state index < -0.39 is 0 Å². The van der Waals surface area contributed by atoms with Gasteiger partial charge in [-0.1, -0.05) is 126 Å². The van der Waals surface area contributed by atoms with Crippen molar-refractivity contribution >= 4 is 22.7 Å². The van der Waals surface area contributed by atoms with Gasteiger partial charge in [0.05, 0.1) is 11.1 Å². The molecule has 2 heteroatoms. The Hall–Kier alpha value is -5.08. The molecule has 4 atom stereocenters. The lowest BCUT2D eigenvalue weighted by atomic mass is 9.61. The van der Waals surface area contributed by atoms with Gasteiger partial charge in [0.25, 0.3) is 0 Å². The highest BCUT2D eigenvalue weighted by Crippen LogP contribution is 2.63. The number of hydrogen-bond acceptors (Lipinski definition) is 2. The van der Waals surface area contributed by atoms with Crippen molar-refractivity contribution in [2.45, 2.75) is 120 Å². The maximum Gasteiger partial charge on any atom is 0.0517 e. The van der Waals surface area contributed by atoms with E-state index in [4.69, 9.17) is 0 Å². The smallest absolute Gasteiger partial charge is 0.0517 e. The monoisotopic (exact) mass is 744 g/mol. The van der Waals surface area contributed by atoms with Crippen molar-refractivity contribution in [3.05, 3.63) is 156 Å². The first-order valence-electron chi connectivity index (χ1n) is 21.8. The molecule has 0 radical (unpaired) electrons. The standard InChI is InChI=1S/C55H56N2/c1-51(2)45-33-37(39-23-27-49-47(35-39)52(3)29-13-15-31-54(52,5)56(49)41-17-9-7-10-18-41)21-25-43(45)44-26-22-38(34-46(44)51)40-24-28-50-48(36-40)53(4)30-14-16-32-55(53,6)57(50)42-19-11-8-12-20-42/h7-12,17-28,33-36H,13-16,29-32H2,1-6H3. The first-order chi connectivity index (χ1) is 27.5. The molecule has 4 unspecified atom stereocenters. The Balaban J connectivity index is 0.961. The predicted molar refractivity (Wildman–Crippen MR) is 240 cm³/mol. The Morgan fingerprint density at radius 2 is 0.719 bits per heavy atom. The third-order valence-corrected chi connectivity index (χ3v) is 16.6. The van der Waals surface area contributed by atoms with Crippen LogP contribution in [-0.4, -0.2) is 11.1 Å². The first-order valence-corrected chi connectivity index (χ1v) is 21.8. The lowest BCUT2D eigenvalue weighted by molar-refractivity contribution is 0.195. The second-order valence-corrected chi connectivity index (χ2v) is 19.6. The Morgan fingerprint density at radius 3 is 1.12 bits per heavy atom. The molecule has 286 valence electrons. The van der Waals surface area contributed by atoms with Crippen LogP contribution in [0, 0.1) is 0 Å². The van der Waals surface area contributed by atoms with Gasteiger partial charge >= 0.3 is 0 Å². The van der Waals surface area contributed by atoms with Gasteiger partial charge in [0.1, 0.15) is 0 Å². The first kappa shape index (κ1) is 35.1. The average molecular weight is 745 g/mol. The van der Waals surface area contributed by atoms with Gasteiger partial charge in [0, 0.05) is 39.0 Å². The summed E-state index contributed by atoms with van der Waals surface area (Å²) in [7, 11) is 0. The molecular weight excluding hydrogens is 689 g/mol. The fourth-order valence-corrected chi connectivity index (χ4v) is 12.9. The van der Waals surface area contributed by atoms with Gasteiger partial charge in [-0.25, -0.2) is 0 Å². The van der Waals surface area contributed by atoms with Crippen LogP contribution in [0.15, 0.2) is 133 Å². The summed E-state index contributed by atoms with van der Waals surface area (Å²) in [6.07, 6.45) is 10.0. The molecule has 2 saturated carbocycles. The van der Waals surface area contributed by atoms with Gasteiger partial charge in [-0.05, 0) is 156 Å². The summed E-state index contributed by atoms with van der Waals surface area (Å²) in [5.74, 6) is 0. The van der Waals surface area contributed by atoms with E-state index in [0.717, 1.165) is 0 Å². The van der Waals surface area contributed by atoms with Crippen molar-refractivity contribution in [2.75, 3.05) is 9.80 Å². The summed E-state index contributed by atoms with van der Waals surface area (Å²) in [6, 6.07) is 51.6. The number of para-hydroxylation sites is 2. The third kappa shape index (κ3) is 4.59. The van der Waals surface area contributed by atoms with E-state index in [9.17, 15) is 0 Å². The van der Waals surface area contributed by atoms with Crippen molar-refractivity contribution in [3.63, 3.8) is 0 Å². The number of anilines is 4. The molecule has 0 amide bonds. The summed E-state index contributed by atoms with van der Waals surface area (Å²) in [4.78, 5) is 5.36. The largest absolute Gasteiger partial charge is 0.334 e. The predicted octanol–water partition coefficient (Wildman–Crippen LogP) is 14.8. The van der Waals surface area contributed by atoms with E-state index in [0.29, 0.717) is 0 Å². The zero-order valence-corrected chi connectivity index (χ0v) is 34.8. The van der Waals surface area contributed by atoms with Crippen LogP contribution < -0.4 is 9.80 Å². The minimum Gasteiger partial charge on any atom is -0.334 e. The fourth-order valence-electron chi connectivity index (χ4n) is 12.9. The molecule has 0 bridgehead atoms. The van der Waals surface area contributed by atoms with Crippen LogP contribution >= 0.6 is 0 Å². The second-order valence-electron chi connectivity index (χ2n) is 19.6. The van der Waals surface area contributed by atoms with Crippen LogP contribution in [0.1, 0.15) is 115 Å². The molecule has 2 heterocycles. The summed E-state index contributed by atoms with van der Waals surface area (Å²) in [6.45, 7) is 15.0. The average Bonchev–Trinajstić information content (AvgIpc) is 3.69. The Labute approximate surface area is 340 Å². The molecule has 11 rings (SSSR count). The minimum atomic E-state index is -0.111. The molecule has 6 aromatic rings. The topological polar surface area (TPSA) is 6.48 Å². The van der Waals surface area contributed by atoms with Crippen LogP contribution in [0.4, 0.5) is 22.7 Å². The van der Waals surface area contributed by atoms with Crippen molar-refractivity contribution in [2.24, 2.45) is 0 Å². The highest BCUT2D eigenvalue weighted by molar-refractivity contribution is 5.88. The molecule has 2 nitrogen and oxygen atoms in total. The normalized spacial score (nSPS) is 27.6. The van der Waals surface area contributed by atoms with Crippen LogP contribution in [0.5, 0.6) is 0 Å². The van der Waals surface area contributed by atoms with E-state index in [2.05, 4.69) is 185 Å². The SMILES string of the molecule is CC1(C)c2cc(-c3ccc4c(c3)C3(C)CCCCC3(C)N4c3ccccc3)ccc2-c2ccc(-c3ccc4c(c3)C3(C)CCCCC3(C)N4c3ccccc3)cc21. The van der Waals surface area contributed by atoms with Gasteiger partial charge in [0.2, 0.25) is 0 Å². The van der Waals surface area contributed by atoms with Crippen molar-refractivity contribution in [1.29, 1.82) is 0 Å². The van der Waals surface area contributed by atoms with E-state index in [1.165, 1.54) is 130 Å². The number of rotatable bonds is 4. The molecule has 0 aromatic heterocycles. The van der Waals surface area contributed by atoms with Gasteiger partial charge in [-0.3, -0.25) is 0 Å². The van der Waals surface area contributed by atoms with E-state index >= 15 is 0 Å². The quantitative estimate of drug-likeness (QED) is 0.177. The maximum absolute atomic E-state index is 2.68. The zero-order valence-electron chi connectivity index (χ0n) is 34.8. The molecule has 6 aromatic carbocycles. The molecule has 0 spiro atoms. The van der Waals surface area contributed by atoms with Crippen LogP contribution in [0.25, 0.3) is 33.4 Å². The summed E-state index contributed by atoms with van der Waals surface area (Å²) >= 11 is 0. The lowest BCUT2D eigenvalue weighted by Crippen LogP contribution is -2.54. The van der Waals surface area contributed by atoms with Crippen molar-refractivity contribution in [3.8, 4) is 33.4 Å². The summed E-state index contributed by atoms with van der Waals surface area (Å²) < 4.78 is 0. The molecule has 0 N–H and O–H groups in total. The van der Waals surface area contributed by atoms with Gasteiger partial charge in [-0.15, -0.1) is 0 Å². The number of hydrogen-bond donors (Lipinski definition) is 0. The van der Waals surface area contributed by atoms with Gasteiger partial charge in [0.15, 0.2) is 0 Å². The summed E-state index contributed by atoms with van der Waals surface area (Å²) in [5, 5.41) is 0. The highest BCUT2D eigenvalue weighted by Gasteiger charge is 2.59. The molecule has 0 saturated heterocycles. The van der Waals surface area contributed by atoms with Crippen molar-refractivity contribution < 1.29 is 0 Å². The Bertz CT molecular complexity index is 2410. The fraction of sp³-hybridized carbons (Fsp3) is 0.345. The minimum absolute atomic E-state index is 0.0563. The number of fused-ring (bicyclic) bond motifs is 9. The van der Waals surface area contributed by atoms with E-state index in [-0.39, 0.29) is 27.3 Å². The molecule has 57 heavy (non-hydrogen) atoms. The molecule has 2 fully saturated rings. The number of nitrogens with zero attached hydrogens (tertiary/aromatic N) is 2. The van der Waals surface area contributed by atoms with Crippen molar-refractivity contribution in [1.82, 2.24) is 0 Å². The van der Waals surface area contributed by atoms with Gasteiger partial charge in [-0.2, -0.15) is 0 Å². The number of benzene rings is 6. The summed E-state index contributed by atoms with van der Waals surface area (Å²) in [5.41, 5.74) is 19.6. The van der Waals surface area contributed by atoms with Crippen LogP contribution in [0.2, 0.25) is 0 Å². The third-order valence-electron chi connectivity index (χ3n) is 16.6. The molecular formula is C55H56N2. The Kier molecular flexibility index (Phi) is 7.38. The van der Waals surface area contributed by atoms with Crippen LogP contribution in [-0.2, 0) is 16.2 Å². The lowest BCUT2D eigenvalue weighted by Gasteiger charge is -2.50.